The van der Waals surface area contributed by atoms with Crippen LogP contribution in [0.25, 0.3) is 5.57 Å². The van der Waals surface area contributed by atoms with Crippen molar-refractivity contribution in [2.75, 3.05) is 30.1 Å². The molecule has 1 amide bonds. The van der Waals surface area contributed by atoms with E-state index in [0.29, 0.717) is 40.9 Å². The predicted molar refractivity (Wildman–Crippen MR) is 135 cm³/mol. The van der Waals surface area contributed by atoms with Crippen molar-refractivity contribution in [3.63, 3.8) is 0 Å². The zero-order valence-corrected chi connectivity index (χ0v) is 20.5. The first-order valence-electron chi connectivity index (χ1n) is 11.7. The molecule has 0 unspecified atom stereocenters. The Kier molecular flexibility index (Phi) is 6.71. The van der Waals surface area contributed by atoms with Crippen LogP contribution in [0, 0.1) is 5.82 Å². The number of hydrogen-bond donors (Lipinski definition) is 3. The molecule has 3 heterocycles. The van der Waals surface area contributed by atoms with Gasteiger partial charge in [-0.25, -0.2) is 4.39 Å². The third kappa shape index (κ3) is 4.50. The number of nitrogens with one attached hydrogen (secondary N) is 3. The van der Waals surface area contributed by atoms with E-state index < -0.39 is 0 Å². The van der Waals surface area contributed by atoms with Crippen molar-refractivity contribution in [3.8, 4) is 0 Å². The van der Waals surface area contributed by atoms with Crippen molar-refractivity contribution in [1.82, 2.24) is 15.8 Å². The van der Waals surface area contributed by atoms with E-state index in [1.165, 1.54) is 0 Å². The minimum atomic E-state index is -0.331. The van der Waals surface area contributed by atoms with E-state index in [1.807, 2.05) is 35.0 Å². The minimum absolute atomic E-state index is 0.0759. The number of rotatable bonds is 4. The predicted octanol–water partition coefficient (Wildman–Crippen LogP) is 5.30. The third-order valence-corrected chi connectivity index (χ3v) is 7.49. The van der Waals surface area contributed by atoms with Gasteiger partial charge in [0.2, 0.25) is 5.91 Å². The summed E-state index contributed by atoms with van der Waals surface area (Å²) < 4.78 is 15.1. The monoisotopic (exact) mass is 503 g/mol. The summed E-state index contributed by atoms with van der Waals surface area (Å²) in [5.74, 6) is -0.161. The Hall–Kier alpha value is -2.32. The number of benzene rings is 2. The molecule has 34 heavy (non-hydrogen) atoms. The van der Waals surface area contributed by atoms with Crippen molar-refractivity contribution < 1.29 is 9.18 Å². The van der Waals surface area contributed by atoms with E-state index in [1.54, 1.807) is 18.2 Å². The van der Waals surface area contributed by atoms with Crippen LogP contribution in [0.3, 0.4) is 0 Å². The lowest BCUT2D eigenvalue weighted by Gasteiger charge is -2.32. The lowest BCUT2D eigenvalue weighted by atomic mass is 9.96. The van der Waals surface area contributed by atoms with E-state index in [4.69, 9.17) is 23.2 Å². The molecule has 6 nitrogen and oxygen atoms in total. The summed E-state index contributed by atoms with van der Waals surface area (Å²) >= 11 is 12.5. The van der Waals surface area contributed by atoms with Crippen LogP contribution in [0.15, 0.2) is 36.4 Å². The van der Waals surface area contributed by atoms with Gasteiger partial charge in [0.15, 0.2) is 0 Å². The van der Waals surface area contributed by atoms with Crippen molar-refractivity contribution in [1.29, 1.82) is 0 Å². The largest absolute Gasteiger partial charge is 0.337 e. The molecule has 0 saturated carbocycles. The number of carbonyl (C=O) groups is 1. The smallest absolute Gasteiger partial charge is 0.239 e. The summed E-state index contributed by atoms with van der Waals surface area (Å²) in [6.07, 6.45) is 5.85. The van der Waals surface area contributed by atoms with Gasteiger partial charge in [-0.2, -0.15) is 0 Å². The Morgan fingerprint density at radius 2 is 2.06 bits per heavy atom. The topological polar surface area (TPSA) is 59.6 Å². The van der Waals surface area contributed by atoms with E-state index in [9.17, 15) is 4.79 Å². The van der Waals surface area contributed by atoms with Gasteiger partial charge in [0.05, 0.1) is 17.8 Å². The zero-order valence-electron chi connectivity index (χ0n) is 19.0. The van der Waals surface area contributed by atoms with Crippen LogP contribution in [0.5, 0.6) is 0 Å². The number of fused-ring (bicyclic) bond motifs is 1. The Bertz CT molecular complexity index is 1130. The van der Waals surface area contributed by atoms with E-state index in [0.717, 1.165) is 42.5 Å². The molecule has 1 fully saturated rings. The van der Waals surface area contributed by atoms with Gasteiger partial charge < -0.3 is 10.2 Å². The molecule has 3 N–H and O–H groups in total. The van der Waals surface area contributed by atoms with Crippen LogP contribution in [0.1, 0.15) is 49.8 Å². The Morgan fingerprint density at radius 3 is 2.76 bits per heavy atom. The number of halogens is 3. The molecule has 0 aliphatic carbocycles. The normalized spacial score (nSPS) is 21.1. The molecule has 3 aliphatic rings. The highest BCUT2D eigenvalue weighted by molar-refractivity contribution is 6.35. The summed E-state index contributed by atoms with van der Waals surface area (Å²) in [4.78, 5) is 14.7. The standard InChI is InChI=1S/C25H28Cl2FN5O/c1-15(19-6-5-18(26)14-20(19)27)33-23-13-17(12-21(28)24(23)30-31-33)16-7-10-32(11-8-16)25(34)22-4-2-3-9-29-22/h5-7,12-15,22,29-31H,2-4,8-11H2,1H3/t15-,22-/m1/s1. The van der Waals surface area contributed by atoms with Crippen LogP contribution in [0.2, 0.25) is 10.0 Å². The zero-order chi connectivity index (χ0) is 23.8. The number of nitrogens with zero attached hydrogens (tertiary/aromatic N) is 2. The molecule has 2 atom stereocenters. The van der Waals surface area contributed by atoms with Crippen LogP contribution in [0.4, 0.5) is 15.8 Å². The molecule has 0 aromatic heterocycles. The summed E-state index contributed by atoms with van der Waals surface area (Å²) in [5.41, 5.74) is 9.86. The molecule has 0 spiro atoms. The molecule has 180 valence electrons. The van der Waals surface area contributed by atoms with Crippen LogP contribution in [-0.2, 0) is 4.79 Å². The fourth-order valence-electron chi connectivity index (χ4n) is 4.97. The Labute approximate surface area is 209 Å². The average molecular weight is 504 g/mol. The fourth-order valence-corrected chi connectivity index (χ4v) is 5.53. The Morgan fingerprint density at radius 1 is 1.21 bits per heavy atom. The maximum atomic E-state index is 15.1. The van der Waals surface area contributed by atoms with Gasteiger partial charge >= 0.3 is 0 Å². The number of hydrogen-bond acceptors (Lipinski definition) is 5. The van der Waals surface area contributed by atoms with Gasteiger partial charge in [0.1, 0.15) is 11.5 Å². The second-order valence-electron chi connectivity index (χ2n) is 9.07. The first kappa shape index (κ1) is 23.4. The molecular formula is C25H28Cl2FN5O. The first-order chi connectivity index (χ1) is 16.4. The molecule has 5 rings (SSSR count). The van der Waals surface area contributed by atoms with Gasteiger partial charge in [-0.1, -0.05) is 41.8 Å². The number of piperidine rings is 1. The lowest BCUT2D eigenvalue weighted by Crippen LogP contribution is -2.49. The van der Waals surface area contributed by atoms with Gasteiger partial charge in [-0.3, -0.25) is 15.2 Å². The first-order valence-corrected chi connectivity index (χ1v) is 12.5. The summed E-state index contributed by atoms with van der Waals surface area (Å²) in [6, 6.07) is 8.67. The van der Waals surface area contributed by atoms with Crippen LogP contribution >= 0.6 is 23.2 Å². The SMILES string of the molecule is C[C@H](c1ccc(Cl)cc1Cl)N1NNc2c(F)cc(C3=CCN(C(=O)[C@H]4CCCCN4)CC3)cc21. The van der Waals surface area contributed by atoms with Gasteiger partial charge in [-0.05, 0) is 73.7 Å². The van der Waals surface area contributed by atoms with Crippen molar-refractivity contribution in [2.24, 2.45) is 0 Å². The van der Waals surface area contributed by atoms with Crippen LogP contribution < -0.4 is 21.3 Å². The number of anilines is 2. The van der Waals surface area contributed by atoms with Gasteiger partial charge in [-0.15, -0.1) is 5.53 Å². The highest BCUT2D eigenvalue weighted by Crippen LogP contribution is 2.41. The highest BCUT2D eigenvalue weighted by Gasteiger charge is 2.30. The average Bonchev–Trinajstić information content (AvgIpc) is 3.28. The summed E-state index contributed by atoms with van der Waals surface area (Å²) in [6.45, 7) is 4.07. The van der Waals surface area contributed by atoms with Gasteiger partial charge in [0.25, 0.3) is 0 Å². The lowest BCUT2D eigenvalue weighted by molar-refractivity contribution is -0.133. The molecule has 0 bridgehead atoms. The Balaban J connectivity index is 1.36. The van der Waals surface area contributed by atoms with Crippen molar-refractivity contribution >= 4 is 46.1 Å². The summed E-state index contributed by atoms with van der Waals surface area (Å²) in [7, 11) is 0. The minimum Gasteiger partial charge on any atom is -0.337 e. The molecule has 0 radical (unpaired) electrons. The van der Waals surface area contributed by atoms with E-state index in [-0.39, 0.29) is 23.8 Å². The molecule has 2 aromatic carbocycles. The molecular weight excluding hydrogens is 476 g/mol. The van der Waals surface area contributed by atoms with E-state index >= 15 is 4.39 Å². The quantitative estimate of drug-likeness (QED) is 0.528. The molecule has 1 saturated heterocycles. The third-order valence-electron chi connectivity index (χ3n) is 6.93. The molecule has 3 aliphatic heterocycles. The summed E-state index contributed by atoms with van der Waals surface area (Å²) in [5, 5.41) is 6.32. The fraction of sp³-hybridized carbons (Fsp3) is 0.400. The second-order valence-corrected chi connectivity index (χ2v) is 9.91. The van der Waals surface area contributed by atoms with Crippen molar-refractivity contribution in [2.45, 2.75) is 44.7 Å². The van der Waals surface area contributed by atoms with Crippen molar-refractivity contribution in [3.05, 3.63) is 63.4 Å². The van der Waals surface area contributed by atoms with Crippen LogP contribution in [-0.4, -0.2) is 36.5 Å². The maximum absolute atomic E-state index is 15.1. The highest BCUT2D eigenvalue weighted by atomic mass is 35.5. The maximum Gasteiger partial charge on any atom is 0.239 e. The number of amides is 1. The van der Waals surface area contributed by atoms with E-state index in [2.05, 4.69) is 16.3 Å². The molecule has 2 aromatic rings. The molecule has 9 heteroatoms. The number of carbonyl (C=O) groups excluding carboxylic acids is 1. The second kappa shape index (κ2) is 9.74. The number of hydrazine groups is 2. The van der Waals surface area contributed by atoms with Gasteiger partial charge in [0, 0.05) is 23.1 Å².